The number of methoxy groups -OCH3 is 2. The largest absolute Gasteiger partial charge is 0.496 e. The van der Waals surface area contributed by atoms with E-state index in [1.54, 1.807) is 20.3 Å². The molecule has 2 heterocycles. The van der Waals surface area contributed by atoms with Crippen molar-refractivity contribution < 1.29 is 19.0 Å². The molecule has 0 N–H and O–H groups in total. The molecule has 5 heteroatoms. The molecule has 1 aliphatic heterocycles. The summed E-state index contributed by atoms with van der Waals surface area (Å²) in [6.45, 7) is 1.02. The highest BCUT2D eigenvalue weighted by atomic mass is 16.5. The van der Waals surface area contributed by atoms with Crippen LogP contribution in [0.4, 0.5) is 0 Å². The highest BCUT2D eigenvalue weighted by Crippen LogP contribution is 2.36. The third-order valence-electron chi connectivity index (χ3n) is 3.18. The molecule has 5 nitrogen and oxygen atoms in total. The first-order valence-electron chi connectivity index (χ1n) is 5.67. The Morgan fingerprint density at radius 1 is 1.22 bits per heavy atom. The zero-order valence-corrected chi connectivity index (χ0v) is 10.2. The summed E-state index contributed by atoms with van der Waals surface area (Å²) >= 11 is 0. The van der Waals surface area contributed by atoms with E-state index >= 15 is 0 Å². The maximum atomic E-state index is 11.7. The number of hydrogen-bond acceptors (Lipinski definition) is 4. The average molecular weight is 247 g/mol. The minimum absolute atomic E-state index is 0.304. The van der Waals surface area contributed by atoms with Crippen LogP contribution in [0, 0.1) is 0 Å². The smallest absolute Gasteiger partial charge is 0.355 e. The summed E-state index contributed by atoms with van der Waals surface area (Å²) in [7, 11) is 3.22. The van der Waals surface area contributed by atoms with Gasteiger partial charge in [0.15, 0.2) is 0 Å². The molecule has 94 valence electrons. The molecule has 0 saturated heterocycles. The van der Waals surface area contributed by atoms with E-state index in [-0.39, 0.29) is 5.97 Å². The van der Waals surface area contributed by atoms with Crippen molar-refractivity contribution in [2.24, 2.45) is 0 Å². The number of carbonyl (C=O) groups excluding carboxylic acids is 1. The van der Waals surface area contributed by atoms with Crippen molar-refractivity contribution in [3.05, 3.63) is 23.9 Å². The number of benzene rings is 1. The van der Waals surface area contributed by atoms with E-state index in [1.807, 2.05) is 16.7 Å². The fraction of sp³-hybridized carbons (Fsp3) is 0.308. The molecule has 0 unspecified atom stereocenters. The van der Waals surface area contributed by atoms with Crippen LogP contribution in [0.15, 0.2) is 18.2 Å². The fourth-order valence-corrected chi connectivity index (χ4v) is 2.37. The highest BCUT2D eigenvalue weighted by molar-refractivity contribution is 6.00. The van der Waals surface area contributed by atoms with Crippen LogP contribution < -0.4 is 9.47 Å². The Kier molecular flexibility index (Phi) is 2.40. The van der Waals surface area contributed by atoms with Crippen LogP contribution in [-0.2, 0) is 11.3 Å². The first-order chi connectivity index (χ1) is 8.76. The van der Waals surface area contributed by atoms with Crippen LogP contribution in [0.1, 0.15) is 10.5 Å². The van der Waals surface area contributed by atoms with Gasteiger partial charge in [-0.2, -0.15) is 0 Å². The SMILES string of the molecule is COc1ccc(OC)c2c1cc1n2CCOC1=O. The molecule has 0 radical (unpaired) electrons. The second-order valence-electron chi connectivity index (χ2n) is 4.05. The topological polar surface area (TPSA) is 49.7 Å². The summed E-state index contributed by atoms with van der Waals surface area (Å²) in [5, 5.41) is 0.866. The van der Waals surface area contributed by atoms with Crippen molar-refractivity contribution in [3.8, 4) is 11.5 Å². The Hall–Kier alpha value is -2.17. The van der Waals surface area contributed by atoms with Crippen LogP contribution in [0.3, 0.4) is 0 Å². The zero-order chi connectivity index (χ0) is 12.7. The lowest BCUT2D eigenvalue weighted by Gasteiger charge is -2.17. The number of hydrogen-bond donors (Lipinski definition) is 0. The Bertz CT molecular complexity index is 629. The van der Waals surface area contributed by atoms with Gasteiger partial charge in [-0.3, -0.25) is 0 Å². The second-order valence-corrected chi connectivity index (χ2v) is 4.05. The summed E-state index contributed by atoms with van der Waals surface area (Å²) in [6, 6.07) is 5.46. The van der Waals surface area contributed by atoms with E-state index in [2.05, 4.69) is 0 Å². The fourth-order valence-electron chi connectivity index (χ4n) is 2.37. The van der Waals surface area contributed by atoms with Gasteiger partial charge >= 0.3 is 5.97 Å². The Morgan fingerprint density at radius 3 is 2.67 bits per heavy atom. The molecule has 0 atom stereocenters. The Labute approximate surface area is 104 Å². The monoisotopic (exact) mass is 247 g/mol. The molecule has 18 heavy (non-hydrogen) atoms. The number of rotatable bonds is 2. The van der Waals surface area contributed by atoms with Gasteiger partial charge in [-0.1, -0.05) is 0 Å². The summed E-state index contributed by atoms with van der Waals surface area (Å²) in [5.41, 5.74) is 1.42. The van der Waals surface area contributed by atoms with E-state index in [9.17, 15) is 4.79 Å². The Morgan fingerprint density at radius 2 is 1.94 bits per heavy atom. The van der Waals surface area contributed by atoms with Crippen LogP contribution >= 0.6 is 0 Å². The lowest BCUT2D eigenvalue weighted by molar-refractivity contribution is 0.0425. The third-order valence-corrected chi connectivity index (χ3v) is 3.18. The molecule has 3 rings (SSSR count). The van der Waals surface area contributed by atoms with E-state index in [0.29, 0.717) is 18.8 Å². The van der Waals surface area contributed by atoms with Gasteiger partial charge in [0.05, 0.1) is 26.3 Å². The van der Waals surface area contributed by atoms with Crippen molar-refractivity contribution in [2.75, 3.05) is 20.8 Å². The number of ether oxygens (including phenoxy) is 3. The maximum Gasteiger partial charge on any atom is 0.355 e. The molecule has 0 saturated carbocycles. The molecule has 0 amide bonds. The lowest BCUT2D eigenvalue weighted by atomic mass is 10.2. The highest BCUT2D eigenvalue weighted by Gasteiger charge is 2.24. The van der Waals surface area contributed by atoms with E-state index in [0.717, 1.165) is 22.4 Å². The number of cyclic esters (lactones) is 1. The lowest BCUT2D eigenvalue weighted by Crippen LogP contribution is -2.22. The molecule has 0 bridgehead atoms. The molecule has 2 aromatic rings. The van der Waals surface area contributed by atoms with Crippen molar-refractivity contribution in [1.82, 2.24) is 4.57 Å². The summed E-state index contributed by atoms with van der Waals surface area (Å²) in [4.78, 5) is 11.7. The number of esters is 1. The summed E-state index contributed by atoms with van der Waals surface area (Å²) in [6.07, 6.45) is 0. The molecule has 0 aliphatic carbocycles. The van der Waals surface area contributed by atoms with Crippen molar-refractivity contribution in [3.63, 3.8) is 0 Å². The first-order valence-corrected chi connectivity index (χ1v) is 5.67. The van der Waals surface area contributed by atoms with Gasteiger partial charge < -0.3 is 18.8 Å². The predicted octanol–water partition coefficient (Wildman–Crippen LogP) is 1.83. The van der Waals surface area contributed by atoms with Gasteiger partial charge in [-0.05, 0) is 18.2 Å². The van der Waals surface area contributed by atoms with Gasteiger partial charge in [-0.15, -0.1) is 0 Å². The quantitative estimate of drug-likeness (QED) is 0.760. The molecule has 1 aromatic heterocycles. The van der Waals surface area contributed by atoms with E-state index in [1.165, 1.54) is 0 Å². The molecular formula is C13H13NO4. The minimum Gasteiger partial charge on any atom is -0.496 e. The van der Waals surface area contributed by atoms with E-state index < -0.39 is 0 Å². The standard InChI is InChI=1S/C13H13NO4/c1-16-10-3-4-11(17-2)12-8(10)7-9-13(15)18-6-5-14(9)12/h3-4,7H,5-6H2,1-2H3. The van der Waals surface area contributed by atoms with Crippen LogP contribution in [0.2, 0.25) is 0 Å². The second kappa shape index (κ2) is 3.94. The summed E-state index contributed by atoms with van der Waals surface area (Å²) in [5.74, 6) is 1.15. The zero-order valence-electron chi connectivity index (χ0n) is 10.2. The van der Waals surface area contributed by atoms with E-state index in [4.69, 9.17) is 14.2 Å². The van der Waals surface area contributed by atoms with Gasteiger partial charge in [0.2, 0.25) is 0 Å². The van der Waals surface area contributed by atoms with Crippen LogP contribution in [0.25, 0.3) is 10.9 Å². The molecular weight excluding hydrogens is 234 g/mol. The number of fused-ring (bicyclic) bond motifs is 3. The van der Waals surface area contributed by atoms with Crippen molar-refractivity contribution in [1.29, 1.82) is 0 Å². The molecule has 0 spiro atoms. The number of nitrogens with zero attached hydrogens (tertiary/aromatic N) is 1. The van der Waals surface area contributed by atoms with Gasteiger partial charge in [0, 0.05) is 5.39 Å². The third kappa shape index (κ3) is 1.37. The molecule has 1 aromatic carbocycles. The first kappa shape index (κ1) is 11.0. The normalized spacial score (nSPS) is 14.2. The van der Waals surface area contributed by atoms with Crippen LogP contribution in [0.5, 0.6) is 11.5 Å². The van der Waals surface area contributed by atoms with Crippen molar-refractivity contribution >= 4 is 16.9 Å². The minimum atomic E-state index is -0.304. The summed E-state index contributed by atoms with van der Waals surface area (Å²) < 4.78 is 17.6. The van der Waals surface area contributed by atoms with Gasteiger partial charge in [0.1, 0.15) is 23.8 Å². The molecule has 1 aliphatic rings. The van der Waals surface area contributed by atoms with Gasteiger partial charge in [0.25, 0.3) is 0 Å². The average Bonchev–Trinajstić information content (AvgIpc) is 2.79. The maximum absolute atomic E-state index is 11.7. The number of carbonyl (C=O) groups is 1. The number of aromatic nitrogens is 1. The predicted molar refractivity (Wildman–Crippen MR) is 65.3 cm³/mol. The Balaban J connectivity index is 2.39. The molecule has 0 fully saturated rings. The van der Waals surface area contributed by atoms with Crippen molar-refractivity contribution in [2.45, 2.75) is 6.54 Å². The van der Waals surface area contributed by atoms with Gasteiger partial charge in [-0.25, -0.2) is 4.79 Å². The van der Waals surface area contributed by atoms with Crippen LogP contribution in [-0.4, -0.2) is 31.4 Å².